The van der Waals surface area contributed by atoms with Gasteiger partial charge in [0.1, 0.15) is 0 Å². The zero-order chi connectivity index (χ0) is 21.2. The van der Waals surface area contributed by atoms with Crippen molar-refractivity contribution in [2.75, 3.05) is 38.6 Å². The van der Waals surface area contributed by atoms with Crippen molar-refractivity contribution < 1.29 is 9.53 Å². The van der Waals surface area contributed by atoms with E-state index >= 15 is 0 Å². The fraction of sp³-hybridized carbons (Fsp3) is 0.455. The van der Waals surface area contributed by atoms with Crippen LogP contribution in [0.5, 0.6) is 0 Å². The molecule has 1 aromatic heterocycles. The number of amides is 1. The van der Waals surface area contributed by atoms with Crippen molar-refractivity contribution in [2.24, 2.45) is 4.99 Å². The molecule has 8 heteroatoms. The summed E-state index contributed by atoms with van der Waals surface area (Å²) in [4.78, 5) is 20.0. The summed E-state index contributed by atoms with van der Waals surface area (Å²) in [5, 5.41) is 11.7. The molecular weight excluding hydrogens is 398 g/mol. The maximum absolute atomic E-state index is 11.3. The summed E-state index contributed by atoms with van der Waals surface area (Å²) < 4.78 is 4.61. The van der Waals surface area contributed by atoms with Crippen LogP contribution in [0.2, 0.25) is 0 Å². The predicted octanol–water partition coefficient (Wildman–Crippen LogP) is 3.82. The largest absolute Gasteiger partial charge is 0.453 e. The number of nitrogens with one attached hydrogen (secondary N) is 3. The summed E-state index contributed by atoms with van der Waals surface area (Å²) in [5.74, 6) is 0.815. The molecule has 1 fully saturated rings. The molecule has 1 amide bonds. The number of rotatable bonds is 8. The average molecular weight is 430 g/mol. The van der Waals surface area contributed by atoms with Crippen LogP contribution in [0.3, 0.4) is 0 Å². The van der Waals surface area contributed by atoms with Gasteiger partial charge in [0.25, 0.3) is 0 Å². The van der Waals surface area contributed by atoms with Gasteiger partial charge < -0.3 is 15.4 Å². The fourth-order valence-corrected chi connectivity index (χ4v) is 4.37. The van der Waals surface area contributed by atoms with E-state index in [9.17, 15) is 4.79 Å². The zero-order valence-electron chi connectivity index (χ0n) is 17.7. The number of hydrogen-bond donors (Lipinski definition) is 3. The van der Waals surface area contributed by atoms with Gasteiger partial charge in [0.15, 0.2) is 5.96 Å². The van der Waals surface area contributed by atoms with Crippen LogP contribution < -0.4 is 16.0 Å². The Morgan fingerprint density at radius 2 is 1.97 bits per heavy atom. The first-order chi connectivity index (χ1) is 14.7. The first-order valence-corrected chi connectivity index (χ1v) is 11.3. The molecule has 1 aromatic carbocycles. The lowest BCUT2D eigenvalue weighted by Gasteiger charge is -2.27. The van der Waals surface area contributed by atoms with Crippen molar-refractivity contribution >= 4 is 29.1 Å². The van der Waals surface area contributed by atoms with E-state index in [2.05, 4.69) is 50.0 Å². The Morgan fingerprint density at radius 1 is 1.20 bits per heavy atom. The summed E-state index contributed by atoms with van der Waals surface area (Å²) in [6, 6.07) is 12.3. The van der Waals surface area contributed by atoms with E-state index in [1.54, 1.807) is 0 Å². The lowest BCUT2D eigenvalue weighted by atomic mass is 10.2. The molecular formula is C22H31N5O2S. The molecule has 2 heterocycles. The Kier molecular flexibility index (Phi) is 8.53. The standard InChI is InChI=1S/C22H31N5O2S/c1-3-23-21(24-15-17-8-10-18(11-9-17)26-22(28)29-2)25-16-19(20-7-6-14-30-20)27-12-4-5-13-27/h6-11,14,19H,3-5,12-13,15-16H2,1-2H3,(H,26,28)(H2,23,24,25). The maximum atomic E-state index is 11.3. The minimum atomic E-state index is -0.474. The first kappa shape index (κ1) is 22.1. The lowest BCUT2D eigenvalue weighted by molar-refractivity contribution is 0.187. The molecule has 30 heavy (non-hydrogen) atoms. The van der Waals surface area contributed by atoms with Crippen LogP contribution in [0.15, 0.2) is 46.8 Å². The van der Waals surface area contributed by atoms with Crippen molar-refractivity contribution in [1.29, 1.82) is 0 Å². The second-order valence-electron chi connectivity index (χ2n) is 7.16. The molecule has 1 aliphatic heterocycles. The van der Waals surface area contributed by atoms with E-state index in [1.807, 2.05) is 35.6 Å². The van der Waals surface area contributed by atoms with Gasteiger partial charge in [-0.15, -0.1) is 11.3 Å². The molecule has 1 aliphatic rings. The number of benzene rings is 1. The van der Waals surface area contributed by atoms with E-state index in [0.717, 1.165) is 37.7 Å². The molecule has 1 saturated heterocycles. The van der Waals surface area contributed by atoms with Gasteiger partial charge in [-0.1, -0.05) is 18.2 Å². The van der Waals surface area contributed by atoms with Crippen LogP contribution in [0.1, 0.15) is 36.2 Å². The third-order valence-electron chi connectivity index (χ3n) is 5.07. The first-order valence-electron chi connectivity index (χ1n) is 10.4. The van der Waals surface area contributed by atoms with Crippen LogP contribution in [0.25, 0.3) is 0 Å². The maximum Gasteiger partial charge on any atom is 0.411 e. The third kappa shape index (κ3) is 6.47. The van der Waals surface area contributed by atoms with Gasteiger partial charge in [0, 0.05) is 23.7 Å². The highest BCUT2D eigenvalue weighted by atomic mass is 32.1. The molecule has 0 bridgehead atoms. The number of nitrogens with zero attached hydrogens (tertiary/aromatic N) is 2. The van der Waals surface area contributed by atoms with Crippen LogP contribution in [0.4, 0.5) is 10.5 Å². The third-order valence-corrected chi connectivity index (χ3v) is 6.04. The minimum Gasteiger partial charge on any atom is -0.453 e. The van der Waals surface area contributed by atoms with Crippen LogP contribution in [-0.4, -0.2) is 50.2 Å². The summed E-state index contributed by atoms with van der Waals surface area (Å²) in [6.45, 7) is 6.58. The molecule has 1 unspecified atom stereocenters. The highest BCUT2D eigenvalue weighted by molar-refractivity contribution is 7.10. The van der Waals surface area contributed by atoms with E-state index < -0.39 is 6.09 Å². The van der Waals surface area contributed by atoms with Crippen LogP contribution >= 0.6 is 11.3 Å². The SMILES string of the molecule is CCNC(=NCc1ccc(NC(=O)OC)cc1)NCC(c1cccs1)N1CCCC1. The van der Waals surface area contributed by atoms with E-state index in [4.69, 9.17) is 4.99 Å². The van der Waals surface area contributed by atoms with Crippen LogP contribution in [0, 0.1) is 0 Å². The van der Waals surface area contributed by atoms with Gasteiger partial charge in [0.2, 0.25) is 0 Å². The van der Waals surface area contributed by atoms with Crippen molar-refractivity contribution in [3.63, 3.8) is 0 Å². The monoisotopic (exact) mass is 429 g/mol. The van der Waals surface area contributed by atoms with Gasteiger partial charge in [-0.3, -0.25) is 10.2 Å². The van der Waals surface area contributed by atoms with Crippen molar-refractivity contribution in [2.45, 2.75) is 32.4 Å². The smallest absolute Gasteiger partial charge is 0.411 e. The number of likely N-dealkylation sites (tertiary alicyclic amines) is 1. The second-order valence-corrected chi connectivity index (χ2v) is 8.14. The molecule has 1 atom stereocenters. The van der Waals surface area contributed by atoms with Gasteiger partial charge in [-0.2, -0.15) is 0 Å². The van der Waals surface area contributed by atoms with Crippen molar-refractivity contribution in [1.82, 2.24) is 15.5 Å². The van der Waals surface area contributed by atoms with E-state index in [1.165, 1.54) is 24.8 Å². The summed E-state index contributed by atoms with van der Waals surface area (Å²) >= 11 is 1.82. The van der Waals surface area contributed by atoms with E-state index in [0.29, 0.717) is 18.3 Å². The molecule has 0 radical (unpaired) electrons. The number of thiophene rings is 1. The summed E-state index contributed by atoms with van der Waals surface area (Å²) in [6.07, 6.45) is 2.07. The topological polar surface area (TPSA) is 78.0 Å². The Balaban J connectivity index is 1.60. The normalized spacial score (nSPS) is 15.6. The number of aliphatic imine (C=N–C) groups is 1. The van der Waals surface area contributed by atoms with Gasteiger partial charge in [0.05, 0.1) is 19.7 Å². The van der Waals surface area contributed by atoms with E-state index in [-0.39, 0.29) is 0 Å². The number of methoxy groups -OCH3 is 1. The number of guanidine groups is 1. The minimum absolute atomic E-state index is 0.375. The molecule has 162 valence electrons. The van der Waals surface area contributed by atoms with Crippen molar-refractivity contribution in [3.05, 3.63) is 52.2 Å². The fourth-order valence-electron chi connectivity index (χ4n) is 3.51. The number of hydrogen-bond acceptors (Lipinski definition) is 5. The highest BCUT2D eigenvalue weighted by Gasteiger charge is 2.24. The van der Waals surface area contributed by atoms with Crippen LogP contribution in [-0.2, 0) is 11.3 Å². The predicted molar refractivity (Wildman–Crippen MR) is 123 cm³/mol. The van der Waals surface area contributed by atoms with Crippen molar-refractivity contribution in [3.8, 4) is 0 Å². The molecule has 0 saturated carbocycles. The zero-order valence-corrected chi connectivity index (χ0v) is 18.5. The molecule has 2 aromatic rings. The molecule has 0 aliphatic carbocycles. The number of anilines is 1. The Hall–Kier alpha value is -2.58. The molecule has 7 nitrogen and oxygen atoms in total. The average Bonchev–Trinajstić information content (AvgIpc) is 3.48. The summed E-state index contributed by atoms with van der Waals surface area (Å²) in [5.41, 5.74) is 1.76. The Morgan fingerprint density at radius 3 is 2.60 bits per heavy atom. The number of ether oxygens (including phenoxy) is 1. The summed E-state index contributed by atoms with van der Waals surface area (Å²) in [7, 11) is 1.35. The second kappa shape index (κ2) is 11.6. The number of carbonyl (C=O) groups is 1. The molecule has 0 spiro atoms. The number of carbonyl (C=O) groups excluding carboxylic acids is 1. The highest BCUT2D eigenvalue weighted by Crippen LogP contribution is 2.27. The quantitative estimate of drug-likeness (QED) is 0.439. The Bertz CT molecular complexity index is 801. The van der Waals surface area contributed by atoms with Gasteiger partial charge >= 0.3 is 6.09 Å². The van der Waals surface area contributed by atoms with Gasteiger partial charge in [-0.25, -0.2) is 9.79 Å². The molecule has 3 N–H and O–H groups in total. The van der Waals surface area contributed by atoms with Gasteiger partial charge in [-0.05, 0) is 62.0 Å². The lowest BCUT2D eigenvalue weighted by Crippen LogP contribution is -2.42. The molecule has 3 rings (SSSR count). The Labute approximate surface area is 182 Å².